The molecule has 0 saturated heterocycles. The van der Waals surface area contributed by atoms with Crippen LogP contribution in [0.3, 0.4) is 0 Å². The quantitative estimate of drug-likeness (QED) is 0.847. The van der Waals surface area contributed by atoms with Crippen LogP contribution in [0, 0.1) is 13.8 Å². The number of carbonyl (C=O) groups excluding carboxylic acids is 1. The molecule has 4 heteroatoms. The fourth-order valence-corrected chi connectivity index (χ4v) is 1.55. The summed E-state index contributed by atoms with van der Waals surface area (Å²) in [6.45, 7) is 6.25. The van der Waals surface area contributed by atoms with Crippen molar-refractivity contribution in [1.82, 2.24) is 4.90 Å². The van der Waals surface area contributed by atoms with E-state index in [2.05, 4.69) is 0 Å². The predicted octanol–water partition coefficient (Wildman–Crippen LogP) is 1.71. The van der Waals surface area contributed by atoms with Crippen molar-refractivity contribution >= 4 is 5.91 Å². The van der Waals surface area contributed by atoms with E-state index in [1.807, 2.05) is 13.8 Å². The zero-order valence-corrected chi connectivity index (χ0v) is 10.4. The number of hydrogen-bond donors (Lipinski definition) is 1. The fraction of sp³-hybridized carbons (Fsp3) is 0.583. The highest BCUT2D eigenvalue weighted by molar-refractivity contribution is 5.95. The lowest BCUT2D eigenvalue weighted by Gasteiger charge is -2.17. The SMILES string of the molecule is Cc1cc(C(=O)N(C)CCC(C)N)c(C)o1. The van der Waals surface area contributed by atoms with Crippen molar-refractivity contribution in [2.45, 2.75) is 33.2 Å². The molecule has 90 valence electrons. The van der Waals surface area contributed by atoms with Crippen molar-refractivity contribution in [1.29, 1.82) is 0 Å². The van der Waals surface area contributed by atoms with Crippen LogP contribution in [0.4, 0.5) is 0 Å². The van der Waals surface area contributed by atoms with Gasteiger partial charge < -0.3 is 15.1 Å². The monoisotopic (exact) mass is 224 g/mol. The summed E-state index contributed by atoms with van der Waals surface area (Å²) in [7, 11) is 1.78. The molecule has 1 atom stereocenters. The molecule has 16 heavy (non-hydrogen) atoms. The van der Waals surface area contributed by atoms with Crippen LogP contribution in [0.15, 0.2) is 10.5 Å². The van der Waals surface area contributed by atoms with Gasteiger partial charge in [-0.15, -0.1) is 0 Å². The summed E-state index contributed by atoms with van der Waals surface area (Å²) >= 11 is 0. The Hall–Kier alpha value is -1.29. The summed E-state index contributed by atoms with van der Waals surface area (Å²) in [5, 5.41) is 0. The number of amides is 1. The second-order valence-corrected chi connectivity index (χ2v) is 4.32. The first-order valence-corrected chi connectivity index (χ1v) is 5.50. The largest absolute Gasteiger partial charge is 0.466 e. The van der Waals surface area contributed by atoms with E-state index in [0.29, 0.717) is 17.9 Å². The maximum Gasteiger partial charge on any atom is 0.257 e. The highest BCUT2D eigenvalue weighted by Crippen LogP contribution is 2.15. The Morgan fingerprint density at radius 1 is 1.56 bits per heavy atom. The summed E-state index contributed by atoms with van der Waals surface area (Å²) in [6.07, 6.45) is 0.804. The van der Waals surface area contributed by atoms with Crippen LogP contribution in [0.1, 0.15) is 35.2 Å². The number of hydrogen-bond acceptors (Lipinski definition) is 3. The fourth-order valence-electron chi connectivity index (χ4n) is 1.55. The molecule has 0 aliphatic heterocycles. The molecular weight excluding hydrogens is 204 g/mol. The molecule has 0 fully saturated rings. The molecule has 1 rings (SSSR count). The molecule has 1 amide bonds. The molecule has 1 heterocycles. The number of furan rings is 1. The average molecular weight is 224 g/mol. The van der Waals surface area contributed by atoms with Gasteiger partial charge in [-0.3, -0.25) is 4.79 Å². The van der Waals surface area contributed by atoms with Crippen LogP contribution in [-0.4, -0.2) is 30.4 Å². The van der Waals surface area contributed by atoms with E-state index in [0.717, 1.165) is 12.2 Å². The molecule has 4 nitrogen and oxygen atoms in total. The Morgan fingerprint density at radius 3 is 2.62 bits per heavy atom. The molecule has 0 aliphatic carbocycles. The minimum Gasteiger partial charge on any atom is -0.466 e. The molecule has 0 aliphatic rings. The van der Waals surface area contributed by atoms with Crippen LogP contribution in [0.5, 0.6) is 0 Å². The van der Waals surface area contributed by atoms with E-state index >= 15 is 0 Å². The van der Waals surface area contributed by atoms with Gasteiger partial charge in [0.15, 0.2) is 0 Å². The first kappa shape index (κ1) is 12.8. The van der Waals surface area contributed by atoms with Crippen LogP contribution < -0.4 is 5.73 Å². The smallest absolute Gasteiger partial charge is 0.257 e. The van der Waals surface area contributed by atoms with Gasteiger partial charge in [0, 0.05) is 19.6 Å². The van der Waals surface area contributed by atoms with Crippen molar-refractivity contribution in [3.63, 3.8) is 0 Å². The second kappa shape index (κ2) is 5.16. The molecule has 2 N–H and O–H groups in total. The lowest BCUT2D eigenvalue weighted by molar-refractivity contribution is 0.0790. The van der Waals surface area contributed by atoms with Crippen molar-refractivity contribution < 1.29 is 9.21 Å². The third kappa shape index (κ3) is 3.10. The number of aryl methyl sites for hydroxylation is 2. The first-order valence-electron chi connectivity index (χ1n) is 5.50. The zero-order valence-electron chi connectivity index (χ0n) is 10.4. The van der Waals surface area contributed by atoms with Gasteiger partial charge in [0.2, 0.25) is 0 Å². The Morgan fingerprint density at radius 2 is 2.19 bits per heavy atom. The standard InChI is InChI=1S/C12H20N2O2/c1-8(13)5-6-14(4)12(15)11-7-9(2)16-10(11)3/h7-8H,5-6,13H2,1-4H3. The van der Waals surface area contributed by atoms with Gasteiger partial charge in [0.25, 0.3) is 5.91 Å². The van der Waals surface area contributed by atoms with Gasteiger partial charge >= 0.3 is 0 Å². The third-order valence-electron chi connectivity index (χ3n) is 2.54. The molecule has 0 spiro atoms. The molecule has 0 aromatic carbocycles. The normalized spacial score (nSPS) is 12.6. The van der Waals surface area contributed by atoms with E-state index < -0.39 is 0 Å². The number of carbonyl (C=O) groups is 1. The summed E-state index contributed by atoms with van der Waals surface area (Å²) in [5.74, 6) is 1.44. The summed E-state index contributed by atoms with van der Waals surface area (Å²) in [5.41, 5.74) is 6.30. The molecule has 1 unspecified atom stereocenters. The zero-order chi connectivity index (χ0) is 12.3. The molecule has 0 saturated carbocycles. The number of nitrogens with two attached hydrogens (primary N) is 1. The third-order valence-corrected chi connectivity index (χ3v) is 2.54. The van der Waals surface area contributed by atoms with Crippen molar-refractivity contribution in [2.24, 2.45) is 5.73 Å². The summed E-state index contributed by atoms with van der Waals surface area (Å²) in [4.78, 5) is 13.7. The Labute approximate surface area is 96.4 Å². The molecule has 1 aromatic rings. The summed E-state index contributed by atoms with van der Waals surface area (Å²) in [6, 6.07) is 1.89. The Bertz CT molecular complexity index is 369. The minimum atomic E-state index is -0.00463. The van der Waals surface area contributed by atoms with E-state index in [1.165, 1.54) is 0 Å². The summed E-state index contributed by atoms with van der Waals surface area (Å²) < 4.78 is 5.34. The Kier molecular flexibility index (Phi) is 4.12. The topological polar surface area (TPSA) is 59.5 Å². The van der Waals surface area contributed by atoms with Gasteiger partial charge in [-0.25, -0.2) is 0 Å². The van der Waals surface area contributed by atoms with Gasteiger partial charge in [-0.1, -0.05) is 0 Å². The van der Waals surface area contributed by atoms with Crippen molar-refractivity contribution in [3.05, 3.63) is 23.2 Å². The van der Waals surface area contributed by atoms with Crippen LogP contribution >= 0.6 is 0 Å². The van der Waals surface area contributed by atoms with Gasteiger partial charge in [0.05, 0.1) is 5.56 Å². The van der Waals surface area contributed by atoms with Crippen LogP contribution in [0.2, 0.25) is 0 Å². The molecule has 0 bridgehead atoms. The van der Waals surface area contributed by atoms with Gasteiger partial charge in [0.1, 0.15) is 11.5 Å². The van der Waals surface area contributed by atoms with Gasteiger partial charge in [-0.05, 0) is 33.3 Å². The lowest BCUT2D eigenvalue weighted by Crippen LogP contribution is -2.31. The van der Waals surface area contributed by atoms with Crippen molar-refractivity contribution in [3.8, 4) is 0 Å². The number of nitrogens with zero attached hydrogens (tertiary/aromatic N) is 1. The molecular formula is C12H20N2O2. The lowest BCUT2D eigenvalue weighted by atomic mass is 10.2. The first-order chi connectivity index (χ1) is 7.41. The maximum atomic E-state index is 12.0. The van der Waals surface area contributed by atoms with E-state index in [9.17, 15) is 4.79 Å². The van der Waals surface area contributed by atoms with Crippen molar-refractivity contribution in [2.75, 3.05) is 13.6 Å². The van der Waals surface area contributed by atoms with Gasteiger partial charge in [-0.2, -0.15) is 0 Å². The Balaban J connectivity index is 2.67. The van der Waals surface area contributed by atoms with E-state index in [-0.39, 0.29) is 11.9 Å². The molecule has 0 radical (unpaired) electrons. The maximum absolute atomic E-state index is 12.0. The van der Waals surface area contributed by atoms with E-state index in [4.69, 9.17) is 10.2 Å². The predicted molar refractivity (Wildman–Crippen MR) is 63.4 cm³/mol. The average Bonchev–Trinajstić information content (AvgIpc) is 2.53. The second-order valence-electron chi connectivity index (χ2n) is 4.32. The van der Waals surface area contributed by atoms with Crippen LogP contribution in [0.25, 0.3) is 0 Å². The molecule has 1 aromatic heterocycles. The van der Waals surface area contributed by atoms with E-state index in [1.54, 1.807) is 24.9 Å². The number of rotatable bonds is 4. The minimum absolute atomic E-state index is 0.00463. The highest BCUT2D eigenvalue weighted by Gasteiger charge is 2.17. The highest BCUT2D eigenvalue weighted by atomic mass is 16.3. The van der Waals surface area contributed by atoms with Crippen LogP contribution in [-0.2, 0) is 0 Å².